The zero-order valence-electron chi connectivity index (χ0n) is 15.2. The van der Waals surface area contributed by atoms with Crippen molar-refractivity contribution in [3.8, 4) is 0 Å². The van der Waals surface area contributed by atoms with Crippen LogP contribution in [0.2, 0.25) is 0 Å². The van der Waals surface area contributed by atoms with Gasteiger partial charge in [-0.2, -0.15) is 0 Å². The molecule has 1 atom stereocenters. The molecule has 0 radical (unpaired) electrons. The first-order valence-electron chi connectivity index (χ1n) is 8.90. The fourth-order valence-corrected chi connectivity index (χ4v) is 3.43. The zero-order valence-corrected chi connectivity index (χ0v) is 16.1. The molecular formula is C21H22N2O4S. The lowest BCUT2D eigenvalue weighted by Gasteiger charge is -2.17. The van der Waals surface area contributed by atoms with Gasteiger partial charge in [-0.05, 0) is 48.4 Å². The SMILES string of the molecule is NS(=O)(=O)c1ccc(NC(CC(=O)CCc2ccccc2)c2ccco2)cc1. The minimum Gasteiger partial charge on any atom is -0.467 e. The average molecular weight is 398 g/mol. The van der Waals surface area contributed by atoms with Gasteiger partial charge in [-0.15, -0.1) is 0 Å². The van der Waals surface area contributed by atoms with Gasteiger partial charge in [-0.3, -0.25) is 4.79 Å². The molecule has 0 amide bonds. The van der Waals surface area contributed by atoms with E-state index in [0.29, 0.717) is 24.3 Å². The van der Waals surface area contributed by atoms with Gasteiger partial charge in [0, 0.05) is 18.5 Å². The predicted molar refractivity (Wildman–Crippen MR) is 107 cm³/mol. The van der Waals surface area contributed by atoms with Crippen molar-refractivity contribution in [1.82, 2.24) is 0 Å². The minimum absolute atomic E-state index is 0.0338. The van der Waals surface area contributed by atoms with E-state index >= 15 is 0 Å². The third-order valence-corrected chi connectivity index (χ3v) is 5.31. The lowest BCUT2D eigenvalue weighted by atomic mass is 10.0. The molecule has 0 saturated heterocycles. The van der Waals surface area contributed by atoms with Gasteiger partial charge in [0.05, 0.1) is 17.2 Å². The highest BCUT2D eigenvalue weighted by Crippen LogP contribution is 2.25. The molecule has 28 heavy (non-hydrogen) atoms. The van der Waals surface area contributed by atoms with Gasteiger partial charge < -0.3 is 9.73 Å². The van der Waals surface area contributed by atoms with E-state index in [0.717, 1.165) is 5.56 Å². The Morgan fingerprint density at radius 3 is 2.32 bits per heavy atom. The molecule has 146 valence electrons. The van der Waals surface area contributed by atoms with Crippen LogP contribution in [0.25, 0.3) is 0 Å². The van der Waals surface area contributed by atoms with E-state index in [4.69, 9.17) is 9.56 Å². The summed E-state index contributed by atoms with van der Waals surface area (Å²) in [7, 11) is -3.74. The number of sulfonamides is 1. The van der Waals surface area contributed by atoms with Crippen molar-refractivity contribution in [2.45, 2.75) is 30.2 Å². The average Bonchev–Trinajstić information content (AvgIpc) is 3.21. The molecule has 1 heterocycles. The summed E-state index contributed by atoms with van der Waals surface area (Å²) in [5.74, 6) is 0.752. The molecule has 2 aromatic carbocycles. The molecule has 0 saturated carbocycles. The van der Waals surface area contributed by atoms with Crippen LogP contribution in [0.3, 0.4) is 0 Å². The number of Topliss-reactive ketones (excluding diaryl/α,β-unsaturated/α-hetero) is 1. The Labute approximate surface area is 164 Å². The molecule has 7 heteroatoms. The molecule has 6 nitrogen and oxygen atoms in total. The van der Waals surface area contributed by atoms with E-state index in [-0.39, 0.29) is 23.1 Å². The van der Waals surface area contributed by atoms with E-state index in [9.17, 15) is 13.2 Å². The number of hydrogen-bond donors (Lipinski definition) is 2. The fraction of sp³-hybridized carbons (Fsp3) is 0.190. The van der Waals surface area contributed by atoms with E-state index in [2.05, 4.69) is 5.32 Å². The van der Waals surface area contributed by atoms with Crippen LogP contribution in [0.5, 0.6) is 0 Å². The number of primary sulfonamides is 1. The number of nitrogens with one attached hydrogen (secondary N) is 1. The summed E-state index contributed by atoms with van der Waals surface area (Å²) >= 11 is 0. The maximum Gasteiger partial charge on any atom is 0.238 e. The smallest absolute Gasteiger partial charge is 0.238 e. The van der Waals surface area contributed by atoms with Crippen LogP contribution in [0.4, 0.5) is 5.69 Å². The quantitative estimate of drug-likeness (QED) is 0.572. The Morgan fingerprint density at radius 1 is 1.00 bits per heavy atom. The summed E-state index contributed by atoms with van der Waals surface area (Å²) in [4.78, 5) is 12.6. The standard InChI is InChI=1S/C21H22N2O4S/c22-28(25,26)19-12-9-17(10-13-19)23-20(21-7-4-14-27-21)15-18(24)11-8-16-5-2-1-3-6-16/h1-7,9-10,12-14,20,23H,8,11,15H2,(H2,22,25,26). The summed E-state index contributed by atoms with van der Waals surface area (Å²) in [6.07, 6.45) is 2.95. The summed E-state index contributed by atoms with van der Waals surface area (Å²) < 4.78 is 28.2. The number of benzene rings is 2. The van der Waals surface area contributed by atoms with Gasteiger partial charge in [0.2, 0.25) is 10.0 Å². The van der Waals surface area contributed by atoms with Crippen LogP contribution in [-0.4, -0.2) is 14.2 Å². The van der Waals surface area contributed by atoms with Crippen molar-refractivity contribution in [1.29, 1.82) is 0 Å². The Bertz CT molecular complexity index is 998. The first-order valence-corrected chi connectivity index (χ1v) is 10.4. The molecule has 0 bridgehead atoms. The number of nitrogens with two attached hydrogens (primary N) is 1. The second kappa shape index (κ2) is 8.86. The number of carbonyl (C=O) groups is 1. The summed E-state index contributed by atoms with van der Waals surface area (Å²) in [5.41, 5.74) is 1.79. The lowest BCUT2D eigenvalue weighted by Crippen LogP contribution is -2.16. The topological polar surface area (TPSA) is 102 Å². The summed E-state index contributed by atoms with van der Waals surface area (Å²) in [6, 6.07) is 19.2. The summed E-state index contributed by atoms with van der Waals surface area (Å²) in [6.45, 7) is 0. The zero-order chi connectivity index (χ0) is 20.0. The Hall–Kier alpha value is -2.90. The van der Waals surface area contributed by atoms with Crippen molar-refractivity contribution < 1.29 is 17.6 Å². The minimum atomic E-state index is -3.74. The first-order chi connectivity index (χ1) is 13.4. The normalized spacial score (nSPS) is 12.5. The molecule has 3 N–H and O–H groups in total. The van der Waals surface area contributed by atoms with Gasteiger partial charge in [-0.1, -0.05) is 30.3 Å². The lowest BCUT2D eigenvalue weighted by molar-refractivity contribution is -0.119. The summed E-state index contributed by atoms with van der Waals surface area (Å²) in [5, 5.41) is 8.36. The second-order valence-electron chi connectivity index (χ2n) is 6.51. The molecule has 3 rings (SSSR count). The molecule has 0 spiro atoms. The number of rotatable bonds is 9. The van der Waals surface area contributed by atoms with Crippen molar-refractivity contribution in [2.24, 2.45) is 5.14 Å². The van der Waals surface area contributed by atoms with Gasteiger partial charge in [0.25, 0.3) is 0 Å². The van der Waals surface area contributed by atoms with E-state index in [1.54, 1.807) is 30.5 Å². The van der Waals surface area contributed by atoms with Gasteiger partial charge >= 0.3 is 0 Å². The largest absolute Gasteiger partial charge is 0.467 e. The monoisotopic (exact) mass is 398 g/mol. The number of ketones is 1. The number of aryl methyl sites for hydroxylation is 1. The van der Waals surface area contributed by atoms with E-state index < -0.39 is 10.0 Å². The molecule has 1 unspecified atom stereocenters. The first kappa shape index (κ1) is 19.9. The molecule has 0 fully saturated rings. The van der Waals surface area contributed by atoms with Crippen LogP contribution in [0.1, 0.15) is 30.2 Å². The van der Waals surface area contributed by atoms with Crippen LogP contribution in [-0.2, 0) is 21.2 Å². The highest BCUT2D eigenvalue weighted by atomic mass is 32.2. The molecule has 1 aromatic heterocycles. The number of anilines is 1. The predicted octanol–water partition coefficient (Wildman–Crippen LogP) is 3.67. The van der Waals surface area contributed by atoms with Gasteiger partial charge in [-0.25, -0.2) is 13.6 Å². The number of furan rings is 1. The Balaban J connectivity index is 1.67. The van der Waals surface area contributed by atoms with Crippen molar-refractivity contribution in [3.05, 3.63) is 84.3 Å². The van der Waals surface area contributed by atoms with Crippen molar-refractivity contribution in [3.63, 3.8) is 0 Å². The van der Waals surface area contributed by atoms with Crippen molar-refractivity contribution in [2.75, 3.05) is 5.32 Å². The number of hydrogen-bond acceptors (Lipinski definition) is 5. The molecular weight excluding hydrogens is 376 g/mol. The maximum atomic E-state index is 12.5. The van der Waals surface area contributed by atoms with Crippen LogP contribution in [0.15, 0.2) is 82.3 Å². The van der Waals surface area contributed by atoms with Gasteiger partial charge in [0.1, 0.15) is 11.5 Å². The van der Waals surface area contributed by atoms with Crippen LogP contribution < -0.4 is 10.5 Å². The van der Waals surface area contributed by atoms with Crippen LogP contribution in [0, 0.1) is 0 Å². The van der Waals surface area contributed by atoms with Crippen molar-refractivity contribution >= 4 is 21.5 Å². The third kappa shape index (κ3) is 5.55. The fourth-order valence-electron chi connectivity index (χ4n) is 2.91. The second-order valence-corrected chi connectivity index (χ2v) is 8.07. The maximum absolute atomic E-state index is 12.5. The van der Waals surface area contributed by atoms with E-state index in [1.165, 1.54) is 12.1 Å². The third-order valence-electron chi connectivity index (χ3n) is 4.38. The Morgan fingerprint density at radius 2 is 1.71 bits per heavy atom. The van der Waals surface area contributed by atoms with Gasteiger partial charge in [0.15, 0.2) is 0 Å². The highest BCUT2D eigenvalue weighted by molar-refractivity contribution is 7.89. The van der Waals surface area contributed by atoms with Crippen LogP contribution >= 0.6 is 0 Å². The molecule has 3 aromatic rings. The highest BCUT2D eigenvalue weighted by Gasteiger charge is 2.19. The Kier molecular flexibility index (Phi) is 6.28. The number of carbonyl (C=O) groups excluding carboxylic acids is 1. The molecule has 0 aliphatic carbocycles. The molecule has 0 aliphatic heterocycles. The molecule has 0 aliphatic rings. The van der Waals surface area contributed by atoms with E-state index in [1.807, 2.05) is 30.3 Å².